The summed E-state index contributed by atoms with van der Waals surface area (Å²) in [6.07, 6.45) is 1.39. The number of amidine groups is 1. The van der Waals surface area contributed by atoms with Gasteiger partial charge in [-0.25, -0.2) is 5.01 Å². The second-order valence-corrected chi connectivity index (χ2v) is 7.65. The zero-order valence-corrected chi connectivity index (χ0v) is 16.1. The van der Waals surface area contributed by atoms with Crippen LogP contribution in [-0.2, 0) is 4.79 Å². The van der Waals surface area contributed by atoms with Crippen LogP contribution in [0.25, 0.3) is 5.70 Å². The molecule has 0 aromatic heterocycles. The lowest BCUT2D eigenvalue weighted by Gasteiger charge is -2.34. The molecule has 7 heteroatoms. The van der Waals surface area contributed by atoms with Crippen LogP contribution in [0.5, 0.6) is 0 Å². The molecule has 1 amide bonds. The number of carbonyl (C=O) groups is 1. The number of amides is 1. The molecule has 2 aromatic carbocycles. The van der Waals surface area contributed by atoms with Gasteiger partial charge in [-0.3, -0.25) is 15.1 Å². The minimum Gasteiger partial charge on any atom is -0.298 e. The van der Waals surface area contributed by atoms with Gasteiger partial charge in [-0.15, -0.1) is 11.7 Å². The average Bonchev–Trinajstić information content (AvgIpc) is 2.66. The molecular formula is C19H15BrN4OS. The van der Waals surface area contributed by atoms with E-state index in [0.29, 0.717) is 16.6 Å². The van der Waals surface area contributed by atoms with Gasteiger partial charge in [-0.05, 0) is 23.8 Å². The summed E-state index contributed by atoms with van der Waals surface area (Å²) in [7, 11) is 0. The van der Waals surface area contributed by atoms with Crippen LogP contribution >= 0.6 is 27.7 Å². The topological polar surface area (TPSA) is 57.1 Å². The highest BCUT2D eigenvalue weighted by Crippen LogP contribution is 2.31. The third-order valence-electron chi connectivity index (χ3n) is 4.02. The molecule has 1 N–H and O–H groups in total. The van der Waals surface area contributed by atoms with Crippen LogP contribution in [0.2, 0.25) is 0 Å². The Balaban J connectivity index is 1.90. The lowest BCUT2D eigenvalue weighted by Crippen LogP contribution is -2.50. The average molecular weight is 427 g/mol. The van der Waals surface area contributed by atoms with Crippen molar-refractivity contribution in [2.24, 2.45) is 10.1 Å². The van der Waals surface area contributed by atoms with Gasteiger partial charge in [-0.1, -0.05) is 64.1 Å². The summed E-state index contributed by atoms with van der Waals surface area (Å²) >= 11 is 4.89. The monoisotopic (exact) mass is 426 g/mol. The number of hydrazone groups is 1. The highest BCUT2D eigenvalue weighted by Gasteiger charge is 2.34. The number of nitrogens with zero attached hydrogens (tertiary/aromatic N) is 3. The van der Waals surface area contributed by atoms with E-state index in [0.717, 1.165) is 20.6 Å². The first-order chi connectivity index (χ1) is 12.7. The Kier molecular flexibility index (Phi) is 4.65. The molecule has 1 atom stereocenters. The van der Waals surface area contributed by atoms with Crippen LogP contribution < -0.4 is 15.9 Å². The third kappa shape index (κ3) is 3.08. The Hall–Kier alpha value is -2.38. The summed E-state index contributed by atoms with van der Waals surface area (Å²) in [5.74, 6) is 0.495. The number of carbonyl (C=O) groups excluding carboxylic acids is 1. The molecule has 0 fully saturated rings. The van der Waals surface area contributed by atoms with Crippen LogP contribution in [0.1, 0.15) is 11.7 Å². The van der Waals surface area contributed by atoms with E-state index in [2.05, 4.69) is 32.9 Å². The highest BCUT2D eigenvalue weighted by atomic mass is 79.9. The van der Waals surface area contributed by atoms with Crippen LogP contribution in [0, 0.1) is 0 Å². The van der Waals surface area contributed by atoms with Crippen LogP contribution in [0.4, 0.5) is 0 Å². The fourth-order valence-corrected chi connectivity index (χ4v) is 3.73. The van der Waals surface area contributed by atoms with Gasteiger partial charge in [0.25, 0.3) is 5.91 Å². The lowest BCUT2D eigenvalue weighted by molar-refractivity contribution is -0.116. The van der Waals surface area contributed by atoms with Crippen LogP contribution in [0.3, 0.4) is 0 Å². The number of hydrogen-bond donors (Lipinski definition) is 1. The van der Waals surface area contributed by atoms with E-state index in [1.165, 1.54) is 11.8 Å². The van der Waals surface area contributed by atoms with Crippen molar-refractivity contribution < 1.29 is 4.79 Å². The van der Waals surface area contributed by atoms with Crippen molar-refractivity contribution in [3.8, 4) is 0 Å². The van der Waals surface area contributed by atoms with Crippen molar-refractivity contribution >= 4 is 44.5 Å². The van der Waals surface area contributed by atoms with E-state index in [-0.39, 0.29) is 5.91 Å². The van der Waals surface area contributed by atoms with E-state index >= 15 is 0 Å². The third-order valence-corrected chi connectivity index (χ3v) is 5.41. The minimum atomic E-state index is -0.390. The van der Waals surface area contributed by atoms with E-state index in [1.807, 2.05) is 48.5 Å². The molecule has 130 valence electrons. The number of thioether (sulfide) groups is 1. The molecule has 2 aliphatic rings. The van der Waals surface area contributed by atoms with Crippen molar-refractivity contribution in [2.75, 3.05) is 5.75 Å². The van der Waals surface area contributed by atoms with Crippen molar-refractivity contribution in [3.05, 3.63) is 81.8 Å². The molecule has 0 radical (unpaired) electrons. The predicted molar refractivity (Wildman–Crippen MR) is 108 cm³/mol. The van der Waals surface area contributed by atoms with Crippen LogP contribution in [-0.4, -0.2) is 21.8 Å². The molecule has 0 saturated heterocycles. The SMILES string of the molecule is C=CCSC1=NN2C(=c3ccccc3=N[C@H]2c2ccc(Br)cc2)C(=O)N1. The molecule has 26 heavy (non-hydrogen) atoms. The first-order valence-electron chi connectivity index (χ1n) is 8.03. The molecule has 0 bridgehead atoms. The zero-order valence-electron chi connectivity index (χ0n) is 13.7. The van der Waals surface area contributed by atoms with Gasteiger partial charge in [0.15, 0.2) is 11.3 Å². The van der Waals surface area contributed by atoms with Crippen molar-refractivity contribution in [1.29, 1.82) is 0 Å². The molecule has 2 aliphatic heterocycles. The zero-order chi connectivity index (χ0) is 18.1. The molecule has 0 aliphatic carbocycles. The number of nitrogens with one attached hydrogen (secondary N) is 1. The maximum absolute atomic E-state index is 12.8. The fourth-order valence-electron chi connectivity index (χ4n) is 2.88. The van der Waals surface area contributed by atoms with Gasteiger partial charge in [0.1, 0.15) is 5.70 Å². The molecule has 2 aromatic rings. The quantitative estimate of drug-likeness (QED) is 0.767. The molecule has 2 heterocycles. The molecule has 0 spiro atoms. The molecule has 5 nitrogen and oxygen atoms in total. The van der Waals surface area contributed by atoms with E-state index in [4.69, 9.17) is 4.99 Å². The summed E-state index contributed by atoms with van der Waals surface area (Å²) in [5.41, 5.74) is 1.48. The van der Waals surface area contributed by atoms with Crippen molar-refractivity contribution in [1.82, 2.24) is 10.3 Å². The minimum absolute atomic E-state index is 0.170. The lowest BCUT2D eigenvalue weighted by atomic mass is 10.1. The van der Waals surface area contributed by atoms with Gasteiger partial charge >= 0.3 is 0 Å². The first-order valence-corrected chi connectivity index (χ1v) is 9.81. The largest absolute Gasteiger partial charge is 0.298 e. The summed E-state index contributed by atoms with van der Waals surface area (Å²) in [6, 6.07) is 15.6. The van der Waals surface area contributed by atoms with Gasteiger partial charge < -0.3 is 0 Å². The van der Waals surface area contributed by atoms with Gasteiger partial charge in [0.05, 0.1) is 5.36 Å². The van der Waals surface area contributed by atoms with Gasteiger partial charge in [-0.2, -0.15) is 0 Å². The predicted octanol–water partition coefficient (Wildman–Crippen LogP) is 2.51. The smallest absolute Gasteiger partial charge is 0.276 e. The molecule has 0 unspecified atom stereocenters. The summed E-state index contributed by atoms with van der Waals surface area (Å²) in [4.78, 5) is 17.7. The summed E-state index contributed by atoms with van der Waals surface area (Å²) in [6.45, 7) is 3.72. The van der Waals surface area contributed by atoms with Crippen molar-refractivity contribution in [2.45, 2.75) is 6.17 Å². The summed E-state index contributed by atoms with van der Waals surface area (Å²) < 4.78 is 0.990. The molecular weight excluding hydrogens is 412 g/mol. The Morgan fingerprint density at radius 3 is 2.77 bits per heavy atom. The number of halogens is 1. The van der Waals surface area contributed by atoms with Gasteiger partial charge in [0, 0.05) is 15.4 Å². The Labute approximate surface area is 163 Å². The molecule has 4 rings (SSSR count). The standard InChI is InChI=1S/C19H15BrN4OS/c1-2-11-26-19-22-18(25)16-14-5-3-4-6-15(14)21-17(24(16)23-19)12-7-9-13(20)10-8-12/h2-10,17H,1,11H2,(H,22,23,25)/t17-/m1/s1. The van der Waals surface area contributed by atoms with E-state index in [9.17, 15) is 4.79 Å². The highest BCUT2D eigenvalue weighted by molar-refractivity contribution is 9.10. The van der Waals surface area contributed by atoms with E-state index < -0.39 is 6.17 Å². The van der Waals surface area contributed by atoms with E-state index in [1.54, 1.807) is 11.1 Å². The normalized spacial score (nSPS) is 18.3. The Morgan fingerprint density at radius 1 is 1.23 bits per heavy atom. The number of para-hydroxylation sites is 1. The Bertz CT molecular complexity index is 1030. The number of rotatable bonds is 3. The number of benzene rings is 2. The van der Waals surface area contributed by atoms with Crippen molar-refractivity contribution in [3.63, 3.8) is 0 Å². The fraction of sp³-hybridized carbons (Fsp3) is 0.105. The first kappa shape index (κ1) is 17.1. The second-order valence-electron chi connectivity index (χ2n) is 5.72. The molecule has 0 saturated carbocycles. The summed E-state index contributed by atoms with van der Waals surface area (Å²) in [5, 5.41) is 11.4. The maximum Gasteiger partial charge on any atom is 0.276 e. The second kappa shape index (κ2) is 7.09. The Morgan fingerprint density at radius 2 is 2.00 bits per heavy atom. The van der Waals surface area contributed by atoms with Crippen LogP contribution in [0.15, 0.2) is 75.8 Å². The number of fused-ring (bicyclic) bond motifs is 2. The van der Waals surface area contributed by atoms with Gasteiger partial charge in [0.2, 0.25) is 0 Å². The maximum atomic E-state index is 12.8. The number of hydrogen-bond acceptors (Lipinski definition) is 5.